The van der Waals surface area contributed by atoms with Gasteiger partial charge in [-0.05, 0) is 6.42 Å². The van der Waals surface area contributed by atoms with E-state index in [9.17, 15) is 0 Å². The zero-order chi connectivity index (χ0) is 6.69. The molecular formula is C6H13NO2. The second kappa shape index (κ2) is 3.15. The summed E-state index contributed by atoms with van der Waals surface area (Å²) < 4.78 is 5.13. The minimum Gasteiger partial charge on any atom is -0.367 e. The van der Waals surface area contributed by atoms with Crippen LogP contribution in [0.15, 0.2) is 0 Å². The van der Waals surface area contributed by atoms with Crippen molar-refractivity contribution in [2.45, 2.75) is 25.7 Å². The minimum absolute atomic E-state index is 0.203. The molecule has 1 rings (SSSR count). The molecule has 54 valence electrons. The van der Waals surface area contributed by atoms with Gasteiger partial charge < -0.3 is 15.2 Å². The molecule has 0 radical (unpaired) electrons. The van der Waals surface area contributed by atoms with Crippen LogP contribution >= 0.6 is 0 Å². The van der Waals surface area contributed by atoms with Gasteiger partial charge in [-0.25, -0.2) is 0 Å². The first-order valence-electron chi connectivity index (χ1n) is 3.37. The van der Waals surface area contributed by atoms with E-state index in [1.807, 2.05) is 6.92 Å². The molecule has 0 aromatic rings. The fourth-order valence-corrected chi connectivity index (χ4v) is 0.927. The number of nitrogens with one attached hydrogen (secondary N) is 1. The van der Waals surface area contributed by atoms with Gasteiger partial charge in [-0.15, -0.1) is 0 Å². The number of β-amino-alcohol motifs (C(OH)–C–C–N with tert-alkyl or cyclic N) is 1. The van der Waals surface area contributed by atoms with Gasteiger partial charge in [-0.2, -0.15) is 0 Å². The van der Waals surface area contributed by atoms with Crippen molar-refractivity contribution in [2.24, 2.45) is 0 Å². The van der Waals surface area contributed by atoms with E-state index in [1.165, 1.54) is 0 Å². The Bertz CT molecular complexity index is 87.1. The molecule has 1 saturated heterocycles. The highest BCUT2D eigenvalue weighted by atomic mass is 16.6. The molecule has 3 nitrogen and oxygen atoms in total. The van der Waals surface area contributed by atoms with E-state index >= 15 is 0 Å². The normalized spacial score (nSPS) is 36.7. The van der Waals surface area contributed by atoms with Gasteiger partial charge >= 0.3 is 0 Å². The molecule has 1 heterocycles. The number of morpholine rings is 1. The summed E-state index contributed by atoms with van der Waals surface area (Å²) in [5.41, 5.74) is 0. The maximum atomic E-state index is 8.93. The predicted octanol–water partition coefficient (Wildman–Crippen LogP) is -0.297. The molecular weight excluding hydrogens is 118 g/mol. The SMILES string of the molecule is CCC1CNCC(O)O1. The van der Waals surface area contributed by atoms with Crippen molar-refractivity contribution in [3.8, 4) is 0 Å². The molecule has 2 unspecified atom stereocenters. The van der Waals surface area contributed by atoms with Gasteiger partial charge in [0.25, 0.3) is 0 Å². The van der Waals surface area contributed by atoms with E-state index in [4.69, 9.17) is 9.84 Å². The molecule has 1 fully saturated rings. The maximum Gasteiger partial charge on any atom is 0.167 e. The minimum atomic E-state index is -0.594. The summed E-state index contributed by atoms with van der Waals surface area (Å²) in [7, 11) is 0. The maximum absolute atomic E-state index is 8.93. The molecule has 1 aliphatic rings. The summed E-state index contributed by atoms with van der Waals surface area (Å²) >= 11 is 0. The van der Waals surface area contributed by atoms with Crippen molar-refractivity contribution in [3.05, 3.63) is 0 Å². The number of hydrogen-bond donors (Lipinski definition) is 2. The summed E-state index contributed by atoms with van der Waals surface area (Å²) in [6.07, 6.45) is 0.571. The summed E-state index contributed by atoms with van der Waals surface area (Å²) in [6.45, 7) is 3.48. The highest BCUT2D eigenvalue weighted by Gasteiger charge is 2.17. The van der Waals surface area contributed by atoms with Gasteiger partial charge in [0.1, 0.15) is 0 Å². The highest BCUT2D eigenvalue weighted by molar-refractivity contribution is 4.66. The molecule has 0 aliphatic carbocycles. The number of aliphatic hydroxyl groups excluding tert-OH is 1. The smallest absolute Gasteiger partial charge is 0.167 e. The lowest BCUT2D eigenvalue weighted by Crippen LogP contribution is -2.44. The predicted molar refractivity (Wildman–Crippen MR) is 34.0 cm³/mol. The molecule has 2 N–H and O–H groups in total. The lowest BCUT2D eigenvalue weighted by Gasteiger charge is -2.26. The van der Waals surface area contributed by atoms with E-state index in [1.54, 1.807) is 0 Å². The lowest BCUT2D eigenvalue weighted by atomic mass is 10.2. The van der Waals surface area contributed by atoms with Crippen molar-refractivity contribution in [1.82, 2.24) is 5.32 Å². The Labute approximate surface area is 55.0 Å². The standard InChI is InChI=1S/C6H13NO2/c1-2-5-3-7-4-6(8)9-5/h5-8H,2-4H2,1H3. The van der Waals surface area contributed by atoms with Gasteiger partial charge in [0.05, 0.1) is 6.10 Å². The van der Waals surface area contributed by atoms with E-state index in [2.05, 4.69) is 5.32 Å². The first-order valence-corrected chi connectivity index (χ1v) is 3.37. The average Bonchev–Trinajstić information content (AvgIpc) is 1.88. The first kappa shape index (κ1) is 6.99. The quantitative estimate of drug-likeness (QED) is 0.513. The van der Waals surface area contributed by atoms with Gasteiger partial charge in [-0.1, -0.05) is 6.92 Å². The molecule has 0 aromatic carbocycles. The highest BCUT2D eigenvalue weighted by Crippen LogP contribution is 2.03. The largest absolute Gasteiger partial charge is 0.367 e. The van der Waals surface area contributed by atoms with E-state index in [-0.39, 0.29) is 6.10 Å². The third kappa shape index (κ3) is 1.93. The zero-order valence-electron chi connectivity index (χ0n) is 5.63. The van der Waals surface area contributed by atoms with Gasteiger partial charge in [-0.3, -0.25) is 0 Å². The molecule has 3 heteroatoms. The third-order valence-corrected chi connectivity index (χ3v) is 1.50. The van der Waals surface area contributed by atoms with Crippen LogP contribution in [-0.4, -0.2) is 30.6 Å². The van der Waals surface area contributed by atoms with E-state index in [0.717, 1.165) is 13.0 Å². The molecule has 9 heavy (non-hydrogen) atoms. The van der Waals surface area contributed by atoms with Crippen LogP contribution in [0.25, 0.3) is 0 Å². The molecule has 0 bridgehead atoms. The topological polar surface area (TPSA) is 41.5 Å². The Kier molecular flexibility index (Phi) is 2.45. The summed E-state index contributed by atoms with van der Waals surface area (Å²) in [4.78, 5) is 0. The summed E-state index contributed by atoms with van der Waals surface area (Å²) in [5.74, 6) is 0. The van der Waals surface area contributed by atoms with Crippen LogP contribution in [0.5, 0.6) is 0 Å². The zero-order valence-corrected chi connectivity index (χ0v) is 5.63. The van der Waals surface area contributed by atoms with Gasteiger partial charge in [0.2, 0.25) is 0 Å². The lowest BCUT2D eigenvalue weighted by molar-refractivity contribution is -0.151. The summed E-state index contributed by atoms with van der Waals surface area (Å²) in [5, 5.41) is 12.0. The fraction of sp³-hybridized carbons (Fsp3) is 1.00. The molecule has 0 spiro atoms. The van der Waals surface area contributed by atoms with E-state index in [0.29, 0.717) is 6.54 Å². The number of hydrogen-bond acceptors (Lipinski definition) is 3. The molecule has 1 aliphatic heterocycles. The van der Waals surface area contributed by atoms with Crippen LogP contribution in [0.4, 0.5) is 0 Å². The van der Waals surface area contributed by atoms with Gasteiger partial charge in [0, 0.05) is 13.1 Å². The third-order valence-electron chi connectivity index (χ3n) is 1.50. The Balaban J connectivity index is 2.23. The Morgan fingerprint density at radius 2 is 2.44 bits per heavy atom. The fourth-order valence-electron chi connectivity index (χ4n) is 0.927. The Hall–Kier alpha value is -0.120. The molecule has 0 amide bonds. The Morgan fingerprint density at radius 3 is 2.89 bits per heavy atom. The van der Waals surface area contributed by atoms with E-state index < -0.39 is 6.29 Å². The second-order valence-electron chi connectivity index (χ2n) is 2.28. The van der Waals surface area contributed by atoms with Crippen LogP contribution in [0, 0.1) is 0 Å². The molecule has 0 saturated carbocycles. The molecule has 2 atom stereocenters. The van der Waals surface area contributed by atoms with Crippen molar-refractivity contribution >= 4 is 0 Å². The monoisotopic (exact) mass is 131 g/mol. The summed E-state index contributed by atoms with van der Waals surface area (Å²) in [6, 6.07) is 0. The van der Waals surface area contributed by atoms with Crippen LogP contribution < -0.4 is 5.32 Å². The number of rotatable bonds is 1. The first-order chi connectivity index (χ1) is 4.33. The average molecular weight is 131 g/mol. The van der Waals surface area contributed by atoms with Crippen LogP contribution in [0.1, 0.15) is 13.3 Å². The van der Waals surface area contributed by atoms with Gasteiger partial charge in [0.15, 0.2) is 6.29 Å². The van der Waals surface area contributed by atoms with Crippen LogP contribution in [0.2, 0.25) is 0 Å². The number of aliphatic hydroxyl groups is 1. The molecule has 0 aromatic heterocycles. The van der Waals surface area contributed by atoms with Crippen LogP contribution in [-0.2, 0) is 4.74 Å². The van der Waals surface area contributed by atoms with Crippen molar-refractivity contribution in [3.63, 3.8) is 0 Å². The van der Waals surface area contributed by atoms with Crippen molar-refractivity contribution in [1.29, 1.82) is 0 Å². The number of ether oxygens (including phenoxy) is 1. The second-order valence-corrected chi connectivity index (χ2v) is 2.28. The van der Waals surface area contributed by atoms with Crippen molar-refractivity contribution < 1.29 is 9.84 Å². The van der Waals surface area contributed by atoms with Crippen LogP contribution in [0.3, 0.4) is 0 Å². The Morgan fingerprint density at radius 1 is 1.67 bits per heavy atom. The van der Waals surface area contributed by atoms with Crippen molar-refractivity contribution in [2.75, 3.05) is 13.1 Å².